The molecule has 2 aromatic rings. The molecule has 0 fully saturated rings. The lowest BCUT2D eigenvalue weighted by atomic mass is 10.1. The first-order valence-corrected chi connectivity index (χ1v) is 5.32. The van der Waals surface area contributed by atoms with E-state index >= 15 is 0 Å². The van der Waals surface area contributed by atoms with Crippen LogP contribution in [0.2, 0.25) is 0 Å². The molecule has 0 heterocycles. The second-order valence-electron chi connectivity index (χ2n) is 3.67. The van der Waals surface area contributed by atoms with E-state index in [-0.39, 0.29) is 0 Å². The molecule has 0 bridgehead atoms. The van der Waals surface area contributed by atoms with Crippen molar-refractivity contribution in [2.75, 3.05) is 0 Å². The predicted molar refractivity (Wildman–Crippen MR) is 65.7 cm³/mol. The molecule has 2 rings (SSSR count). The fourth-order valence-electron chi connectivity index (χ4n) is 1.50. The minimum absolute atomic E-state index is 0.422. The number of primary amides is 1. The number of nitrogens with two attached hydrogens (primary N) is 1. The molecule has 2 aromatic carbocycles. The average molecular weight is 227 g/mol. The third kappa shape index (κ3) is 3.08. The number of benzene rings is 2. The summed E-state index contributed by atoms with van der Waals surface area (Å²) >= 11 is 0. The molecule has 17 heavy (non-hydrogen) atoms. The van der Waals surface area contributed by atoms with Gasteiger partial charge in [0, 0.05) is 5.56 Å². The molecule has 3 heteroatoms. The quantitative estimate of drug-likeness (QED) is 0.871. The van der Waals surface area contributed by atoms with Gasteiger partial charge in [-0.15, -0.1) is 0 Å². The molecule has 3 nitrogen and oxygen atoms in total. The topological polar surface area (TPSA) is 52.3 Å². The van der Waals surface area contributed by atoms with Gasteiger partial charge in [-0.1, -0.05) is 30.3 Å². The third-order valence-electron chi connectivity index (χ3n) is 2.36. The highest BCUT2D eigenvalue weighted by atomic mass is 16.5. The summed E-state index contributed by atoms with van der Waals surface area (Å²) in [6.45, 7) is 0.422. The number of ether oxygens (including phenoxy) is 1. The van der Waals surface area contributed by atoms with Crippen LogP contribution in [0.15, 0.2) is 54.6 Å². The van der Waals surface area contributed by atoms with Crippen LogP contribution in [0.1, 0.15) is 15.9 Å². The Bertz CT molecular complexity index is 509. The summed E-state index contributed by atoms with van der Waals surface area (Å²) < 4.78 is 5.57. The molecule has 86 valence electrons. The van der Waals surface area contributed by atoms with Crippen LogP contribution < -0.4 is 10.5 Å². The summed E-state index contributed by atoms with van der Waals surface area (Å²) in [4.78, 5) is 11.0. The van der Waals surface area contributed by atoms with Crippen LogP contribution >= 0.6 is 0 Å². The molecular weight excluding hydrogens is 214 g/mol. The maximum absolute atomic E-state index is 11.0. The van der Waals surface area contributed by atoms with Crippen molar-refractivity contribution < 1.29 is 9.53 Å². The Morgan fingerprint density at radius 2 is 1.82 bits per heavy atom. The maximum Gasteiger partial charge on any atom is 0.248 e. The van der Waals surface area contributed by atoms with Crippen LogP contribution in [-0.2, 0) is 6.61 Å². The van der Waals surface area contributed by atoms with Crippen molar-refractivity contribution in [3.8, 4) is 5.75 Å². The first-order chi connectivity index (χ1) is 8.25. The van der Waals surface area contributed by atoms with Gasteiger partial charge in [0.25, 0.3) is 0 Å². The molecule has 0 atom stereocenters. The monoisotopic (exact) mass is 227 g/mol. The van der Waals surface area contributed by atoms with Crippen molar-refractivity contribution in [1.29, 1.82) is 0 Å². The van der Waals surface area contributed by atoms with Crippen LogP contribution in [0.4, 0.5) is 0 Å². The molecule has 0 aliphatic rings. The van der Waals surface area contributed by atoms with E-state index in [9.17, 15) is 4.79 Å². The minimum Gasteiger partial charge on any atom is -0.489 e. The first-order valence-electron chi connectivity index (χ1n) is 5.32. The highest BCUT2D eigenvalue weighted by molar-refractivity contribution is 5.92. The molecule has 0 aliphatic heterocycles. The summed E-state index contributed by atoms with van der Waals surface area (Å²) in [6, 6.07) is 16.7. The van der Waals surface area contributed by atoms with Gasteiger partial charge in [-0.2, -0.15) is 0 Å². The van der Waals surface area contributed by atoms with Gasteiger partial charge in [0.2, 0.25) is 5.91 Å². The highest BCUT2D eigenvalue weighted by Gasteiger charge is 2.01. The molecule has 0 spiro atoms. The maximum atomic E-state index is 11.0. The highest BCUT2D eigenvalue weighted by Crippen LogP contribution is 2.12. The lowest BCUT2D eigenvalue weighted by Gasteiger charge is -2.06. The standard InChI is InChI=1S/C14H13NO2/c15-14(16)12-6-4-5-11(9-12)10-17-13-7-2-1-3-8-13/h1-9H,10H2,(H2,15,16). The fourth-order valence-corrected chi connectivity index (χ4v) is 1.50. The number of carbonyl (C=O) groups excluding carboxylic acids is 1. The minimum atomic E-state index is -0.424. The molecule has 0 aliphatic carbocycles. The van der Waals surface area contributed by atoms with E-state index in [1.807, 2.05) is 36.4 Å². The fraction of sp³-hybridized carbons (Fsp3) is 0.0714. The van der Waals surface area contributed by atoms with Gasteiger partial charge in [-0.25, -0.2) is 0 Å². The Morgan fingerprint density at radius 3 is 2.53 bits per heavy atom. The van der Waals surface area contributed by atoms with E-state index in [0.717, 1.165) is 11.3 Å². The smallest absolute Gasteiger partial charge is 0.248 e. The average Bonchev–Trinajstić information content (AvgIpc) is 2.38. The summed E-state index contributed by atoms with van der Waals surface area (Å²) in [5, 5.41) is 0. The van der Waals surface area contributed by atoms with Gasteiger partial charge in [0.1, 0.15) is 12.4 Å². The van der Waals surface area contributed by atoms with E-state index in [4.69, 9.17) is 10.5 Å². The van der Waals surface area contributed by atoms with E-state index in [0.29, 0.717) is 12.2 Å². The largest absolute Gasteiger partial charge is 0.489 e. The van der Waals surface area contributed by atoms with E-state index in [1.165, 1.54) is 0 Å². The third-order valence-corrected chi connectivity index (χ3v) is 2.36. The Morgan fingerprint density at radius 1 is 1.06 bits per heavy atom. The van der Waals surface area contributed by atoms with Gasteiger partial charge >= 0.3 is 0 Å². The van der Waals surface area contributed by atoms with Crippen LogP contribution in [0.25, 0.3) is 0 Å². The number of rotatable bonds is 4. The van der Waals surface area contributed by atoms with E-state index < -0.39 is 5.91 Å². The van der Waals surface area contributed by atoms with Crippen molar-refractivity contribution in [2.45, 2.75) is 6.61 Å². The lowest BCUT2D eigenvalue weighted by Crippen LogP contribution is -2.11. The second-order valence-corrected chi connectivity index (χ2v) is 3.67. The molecule has 0 radical (unpaired) electrons. The van der Waals surface area contributed by atoms with E-state index in [2.05, 4.69) is 0 Å². The zero-order chi connectivity index (χ0) is 12.1. The summed E-state index contributed by atoms with van der Waals surface area (Å²) in [5.74, 6) is 0.378. The summed E-state index contributed by atoms with van der Waals surface area (Å²) in [5.41, 5.74) is 6.63. The Labute approximate surface area is 99.8 Å². The second kappa shape index (κ2) is 5.16. The zero-order valence-corrected chi connectivity index (χ0v) is 9.30. The van der Waals surface area contributed by atoms with Crippen molar-refractivity contribution in [3.63, 3.8) is 0 Å². The molecule has 0 aromatic heterocycles. The van der Waals surface area contributed by atoms with Crippen molar-refractivity contribution >= 4 is 5.91 Å². The van der Waals surface area contributed by atoms with Gasteiger partial charge in [0.15, 0.2) is 0 Å². The number of hydrogen-bond acceptors (Lipinski definition) is 2. The van der Waals surface area contributed by atoms with Crippen LogP contribution in [0.3, 0.4) is 0 Å². The predicted octanol–water partition coefficient (Wildman–Crippen LogP) is 2.36. The Balaban J connectivity index is 2.04. The van der Waals surface area contributed by atoms with Crippen molar-refractivity contribution in [2.24, 2.45) is 5.73 Å². The van der Waals surface area contributed by atoms with Gasteiger partial charge in [0.05, 0.1) is 0 Å². The van der Waals surface area contributed by atoms with Gasteiger partial charge in [-0.05, 0) is 29.8 Å². The summed E-state index contributed by atoms with van der Waals surface area (Å²) in [6.07, 6.45) is 0. The van der Waals surface area contributed by atoms with Crippen LogP contribution in [0, 0.1) is 0 Å². The van der Waals surface area contributed by atoms with Crippen molar-refractivity contribution in [3.05, 3.63) is 65.7 Å². The van der Waals surface area contributed by atoms with Crippen LogP contribution in [-0.4, -0.2) is 5.91 Å². The van der Waals surface area contributed by atoms with Crippen LogP contribution in [0.5, 0.6) is 5.75 Å². The first kappa shape index (κ1) is 11.2. The van der Waals surface area contributed by atoms with Crippen molar-refractivity contribution in [1.82, 2.24) is 0 Å². The molecule has 0 saturated carbocycles. The molecular formula is C14H13NO2. The molecule has 0 saturated heterocycles. The SMILES string of the molecule is NC(=O)c1cccc(COc2ccccc2)c1. The number of amides is 1. The summed E-state index contributed by atoms with van der Waals surface area (Å²) in [7, 11) is 0. The molecule has 2 N–H and O–H groups in total. The Hall–Kier alpha value is -2.29. The van der Waals surface area contributed by atoms with E-state index in [1.54, 1.807) is 18.2 Å². The van der Waals surface area contributed by atoms with Gasteiger partial charge in [-0.3, -0.25) is 4.79 Å². The normalized spacial score (nSPS) is 9.88. The Kier molecular flexibility index (Phi) is 3.40. The molecule has 1 amide bonds. The number of para-hydroxylation sites is 1. The molecule has 0 unspecified atom stereocenters. The lowest BCUT2D eigenvalue weighted by molar-refractivity contribution is 0.1000. The zero-order valence-electron chi connectivity index (χ0n) is 9.30. The number of hydrogen-bond donors (Lipinski definition) is 1. The number of carbonyl (C=O) groups is 1. The van der Waals surface area contributed by atoms with Gasteiger partial charge < -0.3 is 10.5 Å².